The number of benzene rings is 1. The molecule has 1 N–H and O–H groups in total. The van der Waals surface area contributed by atoms with Gasteiger partial charge in [-0.3, -0.25) is 0 Å². The summed E-state index contributed by atoms with van der Waals surface area (Å²) in [6, 6.07) is 18.1. The van der Waals surface area contributed by atoms with Crippen molar-refractivity contribution >= 4 is 64.7 Å². The van der Waals surface area contributed by atoms with Gasteiger partial charge in [0, 0.05) is 0 Å². The van der Waals surface area contributed by atoms with Gasteiger partial charge in [0.15, 0.2) is 33.3 Å². The van der Waals surface area contributed by atoms with Crippen LogP contribution in [0.1, 0.15) is 83.1 Å². The van der Waals surface area contributed by atoms with E-state index in [1.54, 1.807) is 0 Å². The van der Waals surface area contributed by atoms with E-state index in [0.29, 0.717) is 5.52 Å². The van der Waals surface area contributed by atoms with Crippen LogP contribution in [0.4, 0.5) is 0 Å². The summed E-state index contributed by atoms with van der Waals surface area (Å²) in [7, 11) is -13.5. The Hall–Kier alpha value is -0.312. The highest BCUT2D eigenvalue weighted by molar-refractivity contribution is 7.93. The van der Waals surface area contributed by atoms with Crippen molar-refractivity contribution in [3.8, 4) is 0 Å². The Morgan fingerprint density at radius 2 is 1.11 bits per heavy atom. The van der Waals surface area contributed by atoms with Gasteiger partial charge in [-0.25, -0.2) is 13.4 Å². The molecule has 0 aliphatic carbocycles. The lowest BCUT2D eigenvalue weighted by Gasteiger charge is -2.56. The van der Waals surface area contributed by atoms with Gasteiger partial charge in [-0.1, -0.05) is 95.2 Å². The lowest BCUT2D eigenvalue weighted by Crippen LogP contribution is -2.73. The highest BCUT2D eigenvalue weighted by Crippen LogP contribution is 2.44. The molecule has 3 rings (SSSR count). The number of aromatic nitrogens is 1. The number of nitrogens with zero attached hydrogens (tertiary/aromatic N) is 1. The Bertz CT molecular complexity index is 1450. The molecule has 1 fully saturated rings. The van der Waals surface area contributed by atoms with Crippen molar-refractivity contribution in [1.82, 2.24) is 4.98 Å². The minimum atomic E-state index is -4.16. The van der Waals surface area contributed by atoms with E-state index < -0.39 is 79.1 Å². The van der Waals surface area contributed by atoms with E-state index in [1.807, 2.05) is 24.3 Å². The molecule has 5 atom stereocenters. The summed E-state index contributed by atoms with van der Waals surface area (Å²) in [5.74, 6) is -2.95. The third kappa shape index (κ3) is 10.4. The smallest absolute Gasteiger partial charge is 0.210 e. The third-order valence-electron chi connectivity index (χ3n) is 13.2. The normalized spacial score (nSPS) is 23.6. The Labute approximate surface area is 330 Å². The van der Waals surface area contributed by atoms with Gasteiger partial charge in [0.1, 0.15) is 30.2 Å². The first kappa shape index (κ1) is 47.1. The van der Waals surface area contributed by atoms with Crippen molar-refractivity contribution in [1.29, 1.82) is 0 Å². The van der Waals surface area contributed by atoms with Crippen LogP contribution < -0.4 is 0 Å². The van der Waals surface area contributed by atoms with Gasteiger partial charge in [-0.05, 0) is 84.7 Å². The third-order valence-corrected chi connectivity index (χ3v) is 35.0. The van der Waals surface area contributed by atoms with Gasteiger partial charge in [-0.15, -0.1) is 11.3 Å². The SMILES string of the molecule is CC[Si](CC)(CC)OC[C@H]1OC(O)(CS(=O)(=O)c2nc3ccccc3s2)[C@H](O[Si](CC)(CC)CC)[C@@H](O[Si](CC)(CC)CC)[C@@H]1O[Si](CC)(CC)CC. The minimum absolute atomic E-state index is 0.0359. The lowest BCUT2D eigenvalue weighted by molar-refractivity contribution is -0.330. The number of ether oxygens (including phenoxy) is 1. The van der Waals surface area contributed by atoms with Gasteiger partial charge in [0.05, 0.1) is 16.8 Å². The molecular formula is C38H73NO8S2Si4. The van der Waals surface area contributed by atoms with Crippen LogP contribution in [0.15, 0.2) is 28.6 Å². The predicted molar refractivity (Wildman–Crippen MR) is 231 cm³/mol. The van der Waals surface area contributed by atoms with Crippen LogP contribution in [0, 0.1) is 0 Å². The molecule has 2 aromatic rings. The molecule has 0 saturated carbocycles. The van der Waals surface area contributed by atoms with E-state index in [-0.39, 0.29) is 10.9 Å². The van der Waals surface area contributed by atoms with Crippen molar-refractivity contribution in [3.63, 3.8) is 0 Å². The van der Waals surface area contributed by atoms with Crippen LogP contribution in [-0.2, 0) is 32.3 Å². The Kier molecular flexibility index (Phi) is 17.7. The largest absolute Gasteiger partial charge is 0.414 e. The molecule has 306 valence electrons. The zero-order chi connectivity index (χ0) is 39.7. The fourth-order valence-corrected chi connectivity index (χ4v) is 22.2. The summed E-state index contributed by atoms with van der Waals surface area (Å²) >= 11 is 1.12. The maximum absolute atomic E-state index is 14.6. The molecule has 2 heterocycles. The zero-order valence-electron chi connectivity index (χ0n) is 35.1. The molecule has 0 spiro atoms. The van der Waals surface area contributed by atoms with Crippen LogP contribution >= 0.6 is 11.3 Å². The van der Waals surface area contributed by atoms with Crippen LogP contribution in [0.2, 0.25) is 72.5 Å². The van der Waals surface area contributed by atoms with Crippen molar-refractivity contribution in [2.24, 2.45) is 0 Å². The van der Waals surface area contributed by atoms with E-state index in [9.17, 15) is 13.5 Å². The fourth-order valence-electron chi connectivity index (χ4n) is 8.19. The standard InChI is InChI=1S/C38H73NO8S2Si4/c1-13-50(14-2,15-3)43-29-32-34(45-51(16-4,17-5)18-6)35(46-52(19-7,20-8)21-9)36(47-53(22-10,23-11)24-12)38(40,44-32)30-49(41,42)37-39-31-27-25-26-28-33(31)48-37/h25-28,32,34-36,40H,13-24,29-30H2,1-12H3/t32-,34-,35+,36-,38?/m1/s1. The molecule has 53 heavy (non-hydrogen) atoms. The van der Waals surface area contributed by atoms with Crippen molar-refractivity contribution in [2.45, 2.75) is 190 Å². The quantitative estimate of drug-likeness (QED) is 0.103. The molecule has 0 amide bonds. The summed E-state index contributed by atoms with van der Waals surface area (Å²) < 4.78 is 66.2. The van der Waals surface area contributed by atoms with Gasteiger partial charge in [0.2, 0.25) is 20.0 Å². The number of fused-ring (bicyclic) bond motifs is 1. The molecule has 1 saturated heterocycles. The Balaban J connectivity index is 2.38. The van der Waals surface area contributed by atoms with Crippen LogP contribution in [0.5, 0.6) is 0 Å². The number of hydrogen-bond acceptors (Lipinski definition) is 10. The number of aliphatic hydroxyl groups is 1. The predicted octanol–water partition coefficient (Wildman–Crippen LogP) is 10.4. The monoisotopic (exact) mass is 847 g/mol. The Morgan fingerprint density at radius 3 is 1.57 bits per heavy atom. The van der Waals surface area contributed by atoms with Crippen LogP contribution in [0.25, 0.3) is 10.2 Å². The van der Waals surface area contributed by atoms with Gasteiger partial charge >= 0.3 is 0 Å². The van der Waals surface area contributed by atoms with Crippen molar-refractivity contribution in [3.05, 3.63) is 24.3 Å². The highest BCUT2D eigenvalue weighted by Gasteiger charge is 2.61. The summed E-state index contributed by atoms with van der Waals surface area (Å²) in [5, 5.41) is 13.2. The average Bonchev–Trinajstić information content (AvgIpc) is 3.64. The molecule has 0 radical (unpaired) electrons. The number of para-hydroxylation sites is 1. The second kappa shape index (κ2) is 19.9. The van der Waals surface area contributed by atoms with Crippen molar-refractivity contribution in [2.75, 3.05) is 12.4 Å². The molecule has 15 heteroatoms. The molecule has 1 aromatic carbocycles. The molecule has 1 unspecified atom stereocenters. The molecule has 0 bridgehead atoms. The maximum atomic E-state index is 14.6. The van der Waals surface area contributed by atoms with E-state index in [4.69, 9.17) is 22.4 Å². The lowest BCUT2D eigenvalue weighted by atomic mass is 9.93. The summed E-state index contributed by atoms with van der Waals surface area (Å²) in [6.07, 6.45) is -3.18. The first-order valence-electron chi connectivity index (χ1n) is 20.8. The molecule has 9 nitrogen and oxygen atoms in total. The van der Waals surface area contributed by atoms with Crippen LogP contribution in [-0.4, -0.2) is 94.3 Å². The summed E-state index contributed by atoms with van der Waals surface area (Å²) in [6.45, 7) is 26.5. The maximum Gasteiger partial charge on any atom is 0.210 e. The number of rotatable bonds is 24. The van der Waals surface area contributed by atoms with Crippen molar-refractivity contribution < 1.29 is 36.0 Å². The Morgan fingerprint density at radius 1 is 0.679 bits per heavy atom. The molecule has 1 aliphatic heterocycles. The second-order valence-electron chi connectivity index (χ2n) is 15.2. The van der Waals surface area contributed by atoms with E-state index in [2.05, 4.69) is 88.1 Å². The van der Waals surface area contributed by atoms with E-state index in [0.717, 1.165) is 88.6 Å². The van der Waals surface area contributed by atoms with E-state index in [1.165, 1.54) is 0 Å². The van der Waals surface area contributed by atoms with Gasteiger partial charge < -0.3 is 27.5 Å². The second-order valence-corrected chi connectivity index (χ2v) is 37.3. The summed E-state index contributed by atoms with van der Waals surface area (Å²) in [4.78, 5) is 4.53. The summed E-state index contributed by atoms with van der Waals surface area (Å²) in [5.41, 5.74) is 0.611. The van der Waals surface area contributed by atoms with Crippen LogP contribution in [0.3, 0.4) is 0 Å². The molecular weight excluding hydrogens is 775 g/mol. The highest BCUT2D eigenvalue weighted by atomic mass is 32.2. The minimum Gasteiger partial charge on any atom is -0.414 e. The average molecular weight is 848 g/mol. The number of hydrogen-bond donors (Lipinski definition) is 1. The van der Waals surface area contributed by atoms with Gasteiger partial charge in [0.25, 0.3) is 0 Å². The zero-order valence-corrected chi connectivity index (χ0v) is 40.7. The first-order chi connectivity index (χ1) is 25.1. The number of thiazole rings is 1. The fraction of sp³-hybridized carbons (Fsp3) is 0.816. The van der Waals surface area contributed by atoms with Gasteiger partial charge in [-0.2, -0.15) is 0 Å². The molecule has 1 aliphatic rings. The topological polar surface area (TPSA) is 113 Å². The first-order valence-corrected chi connectivity index (χ1v) is 33.4. The number of sulfone groups is 1. The van der Waals surface area contributed by atoms with E-state index >= 15 is 0 Å². The molecule has 1 aromatic heterocycles.